The van der Waals surface area contributed by atoms with Crippen LogP contribution in [0.4, 0.5) is 13.2 Å². The van der Waals surface area contributed by atoms with E-state index in [9.17, 15) is 13.2 Å². The van der Waals surface area contributed by atoms with Crippen molar-refractivity contribution < 1.29 is 13.2 Å². The summed E-state index contributed by atoms with van der Waals surface area (Å²) in [5.74, 6) is 0.661. The fourth-order valence-corrected chi connectivity index (χ4v) is 1.37. The Morgan fingerprint density at radius 2 is 2.12 bits per heavy atom. The van der Waals surface area contributed by atoms with Crippen LogP contribution in [-0.2, 0) is 6.18 Å². The molecule has 0 fully saturated rings. The monoisotopic (exact) mass is 267 g/mol. The summed E-state index contributed by atoms with van der Waals surface area (Å²) < 4.78 is 36.8. The van der Waals surface area contributed by atoms with Crippen LogP contribution in [0, 0.1) is 0 Å². The van der Waals surface area contributed by atoms with Gasteiger partial charge in [0.05, 0.1) is 16.3 Å². The number of nitrogens with zero attached hydrogens (tertiary/aromatic N) is 1. The van der Waals surface area contributed by atoms with E-state index in [0.29, 0.717) is 17.9 Å². The van der Waals surface area contributed by atoms with Crippen molar-refractivity contribution in [3.8, 4) is 0 Å². The number of hydrogen-bond donors (Lipinski definition) is 1. The number of hydrogen-bond acceptors (Lipinski definition) is 2. The third kappa shape index (κ3) is 3.72. The lowest BCUT2D eigenvalue weighted by molar-refractivity contribution is -0.137. The summed E-state index contributed by atoms with van der Waals surface area (Å²) in [6.07, 6.45) is 0.408. The number of rotatable bonds is 3. The Kier molecular flexibility index (Phi) is 4.68. The molecule has 0 aliphatic heterocycles. The lowest BCUT2D eigenvalue weighted by Gasteiger charge is -2.07. The first-order valence-electron chi connectivity index (χ1n) is 4.45. The third-order valence-electron chi connectivity index (χ3n) is 1.77. The summed E-state index contributed by atoms with van der Waals surface area (Å²) in [5, 5.41) is -0.00904. The van der Waals surface area contributed by atoms with Crippen molar-refractivity contribution in [3.63, 3.8) is 0 Å². The normalized spacial score (nSPS) is 12.3. The Hall–Kier alpha value is -0.680. The molecule has 0 spiro atoms. The second kappa shape index (κ2) is 5.59. The molecular weight excluding hydrogens is 259 g/mol. The molecule has 0 aromatic carbocycles. The molecule has 16 heavy (non-hydrogen) atoms. The number of allylic oxidation sites excluding steroid dienone is 1. The molecule has 0 radical (unpaired) electrons. The smallest absolute Gasteiger partial charge is 0.255 e. The highest BCUT2D eigenvalue weighted by molar-refractivity contribution is 7.80. The van der Waals surface area contributed by atoms with Gasteiger partial charge in [0.1, 0.15) is 0 Å². The van der Waals surface area contributed by atoms with Gasteiger partial charge in [0, 0.05) is 6.20 Å². The molecule has 0 atom stereocenters. The van der Waals surface area contributed by atoms with Crippen molar-refractivity contribution in [2.24, 2.45) is 0 Å². The number of pyridine rings is 1. The average Bonchev–Trinajstić information content (AvgIpc) is 2.19. The number of thiol groups is 1. The highest BCUT2D eigenvalue weighted by Crippen LogP contribution is 2.31. The van der Waals surface area contributed by atoms with Crippen molar-refractivity contribution in [3.05, 3.63) is 34.6 Å². The van der Waals surface area contributed by atoms with Crippen molar-refractivity contribution in [1.82, 2.24) is 4.98 Å². The summed E-state index contributed by atoms with van der Waals surface area (Å²) in [6.45, 7) is 0. The Balaban J connectivity index is 2.92. The zero-order valence-corrected chi connectivity index (χ0v) is 9.78. The summed E-state index contributed by atoms with van der Waals surface area (Å²) in [5.41, 5.74) is -0.514. The van der Waals surface area contributed by atoms with Gasteiger partial charge in [-0.2, -0.15) is 25.8 Å². The summed E-state index contributed by atoms with van der Waals surface area (Å²) in [4.78, 5) is 3.65. The topological polar surface area (TPSA) is 12.9 Å². The first kappa shape index (κ1) is 13.4. The van der Waals surface area contributed by atoms with Gasteiger partial charge < -0.3 is 0 Å². The van der Waals surface area contributed by atoms with E-state index in [2.05, 4.69) is 17.6 Å². The van der Waals surface area contributed by atoms with Crippen molar-refractivity contribution in [2.75, 3.05) is 5.75 Å². The number of alkyl halides is 3. The maximum Gasteiger partial charge on any atom is 0.417 e. The van der Waals surface area contributed by atoms with E-state index < -0.39 is 11.7 Å². The lowest BCUT2D eigenvalue weighted by Crippen LogP contribution is -2.05. The molecule has 0 saturated heterocycles. The molecule has 88 valence electrons. The second-order valence-corrected chi connectivity index (χ2v) is 3.86. The molecule has 6 heteroatoms. The van der Waals surface area contributed by atoms with Gasteiger partial charge in [-0.25, -0.2) is 0 Å². The lowest BCUT2D eigenvalue weighted by atomic mass is 10.2. The molecule has 1 aromatic heterocycles. The van der Waals surface area contributed by atoms with Gasteiger partial charge in [-0.1, -0.05) is 17.7 Å². The minimum absolute atomic E-state index is 0.00904. The Morgan fingerprint density at radius 1 is 1.44 bits per heavy atom. The van der Waals surface area contributed by atoms with Crippen LogP contribution in [0.1, 0.15) is 17.7 Å². The van der Waals surface area contributed by atoms with Crippen LogP contribution in [0.15, 0.2) is 18.3 Å². The minimum Gasteiger partial charge on any atom is -0.255 e. The maximum atomic E-state index is 12.3. The molecule has 1 nitrogen and oxygen atoms in total. The van der Waals surface area contributed by atoms with E-state index in [1.807, 2.05) is 0 Å². The van der Waals surface area contributed by atoms with Gasteiger partial charge in [-0.05, 0) is 24.3 Å². The average molecular weight is 268 g/mol. The van der Waals surface area contributed by atoms with Crippen LogP contribution in [0.25, 0.3) is 6.08 Å². The maximum absolute atomic E-state index is 12.3. The predicted octanol–water partition coefficient (Wildman–Crippen LogP) is 4.09. The predicted molar refractivity (Wildman–Crippen MR) is 61.8 cm³/mol. The number of halogens is 4. The molecule has 0 aliphatic rings. The summed E-state index contributed by atoms with van der Waals surface area (Å²) in [7, 11) is 0. The SMILES string of the molecule is FC(F)(F)c1cnc(C=CCCS)c(Cl)c1. The van der Waals surface area contributed by atoms with Crippen LogP contribution in [-0.4, -0.2) is 10.7 Å². The fraction of sp³-hybridized carbons (Fsp3) is 0.300. The van der Waals surface area contributed by atoms with Gasteiger partial charge in [-0.15, -0.1) is 0 Å². The molecule has 0 unspecified atom stereocenters. The van der Waals surface area contributed by atoms with Gasteiger partial charge in [0.15, 0.2) is 0 Å². The molecule has 1 aromatic rings. The van der Waals surface area contributed by atoms with Gasteiger partial charge in [0.25, 0.3) is 0 Å². The highest BCUT2D eigenvalue weighted by Gasteiger charge is 2.31. The van der Waals surface area contributed by atoms with Gasteiger partial charge in [0.2, 0.25) is 0 Å². The third-order valence-corrected chi connectivity index (χ3v) is 2.33. The van der Waals surface area contributed by atoms with E-state index in [1.165, 1.54) is 0 Å². The van der Waals surface area contributed by atoms with Gasteiger partial charge in [-0.3, -0.25) is 4.98 Å². The Labute approximate surface area is 102 Å². The fourth-order valence-electron chi connectivity index (χ4n) is 0.996. The zero-order chi connectivity index (χ0) is 12.2. The first-order chi connectivity index (χ1) is 7.45. The minimum atomic E-state index is -4.41. The molecule has 0 bridgehead atoms. The van der Waals surface area contributed by atoms with Crippen LogP contribution in [0.2, 0.25) is 5.02 Å². The molecule has 0 N–H and O–H groups in total. The molecule has 1 heterocycles. The Morgan fingerprint density at radius 3 is 2.62 bits per heavy atom. The van der Waals surface area contributed by atoms with E-state index in [1.54, 1.807) is 12.2 Å². The van der Waals surface area contributed by atoms with Crippen LogP contribution >= 0.6 is 24.2 Å². The highest BCUT2D eigenvalue weighted by atomic mass is 35.5. The molecule has 0 amide bonds. The van der Waals surface area contributed by atoms with Crippen LogP contribution in [0.5, 0.6) is 0 Å². The second-order valence-electron chi connectivity index (χ2n) is 3.00. The number of aromatic nitrogens is 1. The molecule has 1 rings (SSSR count). The molecule has 0 saturated carbocycles. The van der Waals surface area contributed by atoms with E-state index >= 15 is 0 Å². The largest absolute Gasteiger partial charge is 0.417 e. The van der Waals surface area contributed by atoms with Crippen LogP contribution < -0.4 is 0 Å². The Bertz CT molecular complexity index is 390. The van der Waals surface area contributed by atoms with Crippen LogP contribution in [0.3, 0.4) is 0 Å². The quantitative estimate of drug-likeness (QED) is 0.814. The van der Waals surface area contributed by atoms with E-state index in [4.69, 9.17) is 11.6 Å². The first-order valence-corrected chi connectivity index (χ1v) is 5.46. The zero-order valence-electron chi connectivity index (χ0n) is 8.13. The standard InChI is InChI=1S/C10H9ClF3NS/c11-8-5-7(10(12,13)14)6-15-9(8)3-1-2-4-16/h1,3,5-6,16H,2,4H2. The summed E-state index contributed by atoms with van der Waals surface area (Å²) in [6, 6.07) is 0.870. The van der Waals surface area contributed by atoms with Crippen molar-refractivity contribution >= 4 is 30.3 Å². The van der Waals surface area contributed by atoms with Crippen molar-refractivity contribution in [2.45, 2.75) is 12.6 Å². The van der Waals surface area contributed by atoms with Gasteiger partial charge >= 0.3 is 6.18 Å². The molecule has 0 aliphatic carbocycles. The van der Waals surface area contributed by atoms with E-state index in [0.717, 1.165) is 12.3 Å². The van der Waals surface area contributed by atoms with E-state index in [-0.39, 0.29) is 5.02 Å². The molecular formula is C10H9ClF3NS. The summed E-state index contributed by atoms with van der Waals surface area (Å²) >= 11 is 9.68. The van der Waals surface area contributed by atoms with Crippen molar-refractivity contribution in [1.29, 1.82) is 0 Å².